The average molecular weight is 432 g/mol. The summed E-state index contributed by atoms with van der Waals surface area (Å²) in [4.78, 5) is 32.9. The Balaban J connectivity index is 1.74. The van der Waals surface area contributed by atoms with Crippen molar-refractivity contribution in [1.29, 1.82) is 0 Å². The highest BCUT2D eigenvalue weighted by molar-refractivity contribution is 5.95. The third kappa shape index (κ3) is 4.02. The van der Waals surface area contributed by atoms with Crippen LogP contribution in [-0.4, -0.2) is 31.7 Å². The summed E-state index contributed by atoms with van der Waals surface area (Å²) in [6.45, 7) is 1.54. The number of hydrogen-bond acceptors (Lipinski definition) is 5. The fraction of sp³-hybridized carbons (Fsp3) is 0.333. The number of aliphatic hydroxyl groups excluding tert-OH is 1. The van der Waals surface area contributed by atoms with Crippen LogP contribution in [0.2, 0.25) is 0 Å². The lowest BCUT2D eigenvalue weighted by Gasteiger charge is -2.16. The van der Waals surface area contributed by atoms with Crippen molar-refractivity contribution in [3.63, 3.8) is 0 Å². The Morgan fingerprint density at radius 2 is 1.90 bits per heavy atom. The number of pyridine rings is 3. The van der Waals surface area contributed by atoms with Gasteiger partial charge in [0.25, 0.3) is 5.56 Å². The molecule has 162 valence electrons. The number of carbonyl (C=O) groups excluding carboxylic acids is 1. The van der Waals surface area contributed by atoms with Crippen LogP contribution < -0.4 is 10.9 Å². The molecule has 1 amide bonds. The molecule has 3 aromatic rings. The van der Waals surface area contributed by atoms with Gasteiger partial charge in [0.1, 0.15) is 5.82 Å². The lowest BCUT2D eigenvalue weighted by atomic mass is 10.0. The van der Waals surface area contributed by atoms with Crippen LogP contribution in [0.25, 0.3) is 22.0 Å². The average Bonchev–Trinajstić information content (AvgIpc) is 3.55. The Morgan fingerprint density at radius 3 is 2.52 bits per heavy atom. The number of nitrogens with one attached hydrogen (secondary N) is 1. The Bertz CT molecular complexity index is 1250. The molecule has 3 aromatic heterocycles. The van der Waals surface area contributed by atoms with Gasteiger partial charge in [-0.15, -0.1) is 0 Å². The van der Waals surface area contributed by atoms with Crippen molar-refractivity contribution in [2.75, 3.05) is 5.32 Å². The largest absolute Gasteiger partial charge is 0.420 e. The molecule has 0 aliphatic heterocycles. The second-order valence-corrected chi connectivity index (χ2v) is 7.68. The van der Waals surface area contributed by atoms with Gasteiger partial charge in [0.05, 0.1) is 11.2 Å². The maximum absolute atomic E-state index is 13.0. The van der Waals surface area contributed by atoms with E-state index in [4.69, 9.17) is 0 Å². The van der Waals surface area contributed by atoms with Crippen LogP contribution in [0.4, 0.5) is 19.0 Å². The van der Waals surface area contributed by atoms with Gasteiger partial charge in [0.15, 0.2) is 6.10 Å². The molecule has 1 fully saturated rings. The number of fused-ring (bicyclic) bond motifs is 1. The van der Waals surface area contributed by atoms with Gasteiger partial charge in [-0.3, -0.25) is 14.6 Å². The minimum Gasteiger partial charge on any atom is -0.378 e. The molecular formula is C21H19F3N4O3. The van der Waals surface area contributed by atoms with Crippen LogP contribution >= 0.6 is 0 Å². The normalized spacial score (nSPS) is 15.2. The first kappa shape index (κ1) is 21.0. The van der Waals surface area contributed by atoms with Gasteiger partial charge < -0.3 is 15.0 Å². The van der Waals surface area contributed by atoms with Gasteiger partial charge in [-0.05, 0) is 37.5 Å². The summed E-state index contributed by atoms with van der Waals surface area (Å²) >= 11 is 0. The summed E-state index contributed by atoms with van der Waals surface area (Å²) in [7, 11) is 1.56. The number of aliphatic hydroxyl groups is 1. The summed E-state index contributed by atoms with van der Waals surface area (Å²) in [5, 5.41) is 12.8. The maximum Gasteiger partial charge on any atom is 0.420 e. The molecule has 1 aliphatic carbocycles. The second-order valence-electron chi connectivity index (χ2n) is 7.68. The maximum atomic E-state index is 13.0. The van der Waals surface area contributed by atoms with Crippen LogP contribution in [0.15, 0.2) is 35.4 Å². The van der Waals surface area contributed by atoms with Crippen molar-refractivity contribution in [3.8, 4) is 11.1 Å². The quantitative estimate of drug-likeness (QED) is 0.660. The molecule has 10 heteroatoms. The molecular weight excluding hydrogens is 413 g/mol. The zero-order valence-electron chi connectivity index (χ0n) is 16.7. The van der Waals surface area contributed by atoms with Gasteiger partial charge in [0.2, 0.25) is 5.91 Å². The van der Waals surface area contributed by atoms with E-state index in [1.54, 1.807) is 26.1 Å². The molecule has 3 heterocycles. The number of alkyl halides is 3. The number of rotatable bonds is 4. The van der Waals surface area contributed by atoms with Crippen LogP contribution in [-0.2, 0) is 11.8 Å². The summed E-state index contributed by atoms with van der Waals surface area (Å²) in [6.07, 6.45) is -3.15. The summed E-state index contributed by atoms with van der Waals surface area (Å²) in [6, 6.07) is 4.31. The van der Waals surface area contributed by atoms with Gasteiger partial charge in [-0.2, -0.15) is 13.2 Å². The smallest absolute Gasteiger partial charge is 0.378 e. The number of aromatic nitrogens is 3. The van der Waals surface area contributed by atoms with Crippen molar-refractivity contribution in [2.24, 2.45) is 13.0 Å². The number of halogens is 3. The number of hydrogen-bond donors (Lipinski definition) is 2. The Kier molecular flexibility index (Phi) is 5.04. The first-order valence-corrected chi connectivity index (χ1v) is 9.58. The Hall–Kier alpha value is -3.27. The number of anilines is 1. The molecule has 7 nitrogen and oxygen atoms in total. The molecule has 1 atom stereocenters. The van der Waals surface area contributed by atoms with Crippen molar-refractivity contribution >= 4 is 22.6 Å². The molecule has 1 unspecified atom stereocenters. The first-order chi connectivity index (χ1) is 14.6. The fourth-order valence-corrected chi connectivity index (χ4v) is 3.38. The van der Waals surface area contributed by atoms with Crippen LogP contribution in [0.5, 0.6) is 0 Å². The topological polar surface area (TPSA) is 97.1 Å². The van der Waals surface area contributed by atoms with Crippen molar-refractivity contribution in [2.45, 2.75) is 32.0 Å². The highest BCUT2D eigenvalue weighted by Gasteiger charge is 2.40. The first-order valence-electron chi connectivity index (χ1n) is 9.58. The van der Waals surface area contributed by atoms with Crippen LogP contribution in [0.3, 0.4) is 0 Å². The molecule has 0 saturated heterocycles. The number of amides is 1. The number of nitrogens with zero attached hydrogens (tertiary/aromatic N) is 3. The molecule has 0 aromatic carbocycles. The van der Waals surface area contributed by atoms with E-state index in [0.717, 1.165) is 25.1 Å². The zero-order chi connectivity index (χ0) is 22.5. The van der Waals surface area contributed by atoms with Gasteiger partial charge in [-0.25, -0.2) is 4.98 Å². The number of aryl methyl sites for hydroxylation is 2. The molecule has 4 rings (SSSR count). The van der Waals surface area contributed by atoms with Crippen LogP contribution in [0, 0.1) is 12.8 Å². The Labute approximate surface area is 174 Å². The molecule has 0 radical (unpaired) electrons. The third-order valence-electron chi connectivity index (χ3n) is 5.32. The van der Waals surface area contributed by atoms with E-state index >= 15 is 0 Å². The van der Waals surface area contributed by atoms with Gasteiger partial charge >= 0.3 is 6.18 Å². The minimum absolute atomic E-state index is 0.0120. The molecule has 2 N–H and O–H groups in total. The van der Waals surface area contributed by atoms with E-state index in [1.165, 1.54) is 10.8 Å². The lowest BCUT2D eigenvalue weighted by Crippen LogP contribution is -2.22. The molecule has 0 spiro atoms. The van der Waals surface area contributed by atoms with E-state index in [9.17, 15) is 27.9 Å². The van der Waals surface area contributed by atoms with Gasteiger partial charge in [-0.1, -0.05) is 0 Å². The highest BCUT2D eigenvalue weighted by atomic mass is 19.4. The van der Waals surface area contributed by atoms with E-state index in [-0.39, 0.29) is 22.9 Å². The van der Waals surface area contributed by atoms with E-state index in [0.29, 0.717) is 27.8 Å². The second kappa shape index (κ2) is 7.45. The van der Waals surface area contributed by atoms with E-state index in [2.05, 4.69) is 15.3 Å². The SMILES string of the molecule is Cc1cc(C(O)C(F)(F)F)ncc1-c1cc2cnc(NC(=O)C3CC3)cc2n(C)c1=O. The molecule has 0 bridgehead atoms. The third-order valence-corrected chi connectivity index (χ3v) is 5.32. The van der Waals surface area contributed by atoms with E-state index < -0.39 is 18.0 Å². The monoisotopic (exact) mass is 432 g/mol. The van der Waals surface area contributed by atoms with Crippen molar-refractivity contribution in [1.82, 2.24) is 14.5 Å². The number of carbonyl (C=O) groups is 1. The predicted molar refractivity (Wildman–Crippen MR) is 107 cm³/mol. The van der Waals surface area contributed by atoms with Gasteiger partial charge in [0, 0.05) is 47.9 Å². The minimum atomic E-state index is -4.83. The van der Waals surface area contributed by atoms with Crippen molar-refractivity contribution in [3.05, 3.63) is 52.2 Å². The summed E-state index contributed by atoms with van der Waals surface area (Å²) in [5.74, 6) is 0.254. The van der Waals surface area contributed by atoms with Crippen LogP contribution in [0.1, 0.15) is 30.2 Å². The summed E-state index contributed by atoms with van der Waals surface area (Å²) < 4.78 is 39.7. The zero-order valence-corrected chi connectivity index (χ0v) is 16.7. The molecule has 31 heavy (non-hydrogen) atoms. The lowest BCUT2D eigenvalue weighted by molar-refractivity contribution is -0.207. The molecule has 1 aliphatic rings. The predicted octanol–water partition coefficient (Wildman–Crippen LogP) is 3.25. The Morgan fingerprint density at radius 1 is 1.19 bits per heavy atom. The van der Waals surface area contributed by atoms with Crippen molar-refractivity contribution < 1.29 is 23.1 Å². The summed E-state index contributed by atoms with van der Waals surface area (Å²) in [5.41, 5.74) is 0.586. The van der Waals surface area contributed by atoms with E-state index in [1.807, 2.05) is 0 Å². The fourth-order valence-electron chi connectivity index (χ4n) is 3.38. The molecule has 1 saturated carbocycles. The highest BCUT2D eigenvalue weighted by Crippen LogP contribution is 2.33. The standard InChI is InChI=1S/C21H19F3N4O3/c1-10-5-15(18(29)21(22,23)24)25-9-14(10)13-6-12-8-26-17(27-19(30)11-3-4-11)7-16(12)28(2)20(13)31/h5-9,11,18,29H,3-4H2,1-2H3,(H,26,27,30).